The maximum absolute atomic E-state index is 11.4. The van der Waals surface area contributed by atoms with E-state index in [4.69, 9.17) is 4.74 Å². The van der Waals surface area contributed by atoms with Crippen molar-refractivity contribution in [2.45, 2.75) is 20.1 Å². The number of hydrogen-bond acceptors (Lipinski definition) is 3. The summed E-state index contributed by atoms with van der Waals surface area (Å²) in [4.78, 5) is 11.4. The topological polar surface area (TPSA) is 51.5 Å². The molecule has 90 valence electrons. The third kappa shape index (κ3) is 2.31. The van der Waals surface area contributed by atoms with Crippen LogP contribution in [0.25, 0.3) is 10.9 Å². The molecule has 0 fully saturated rings. The van der Waals surface area contributed by atoms with Crippen LogP contribution in [-0.2, 0) is 22.7 Å². The summed E-state index contributed by atoms with van der Waals surface area (Å²) >= 11 is 0. The Hall–Kier alpha value is -1.81. The van der Waals surface area contributed by atoms with E-state index in [2.05, 4.69) is 0 Å². The summed E-state index contributed by atoms with van der Waals surface area (Å²) in [5.41, 5.74) is 1.71. The van der Waals surface area contributed by atoms with Crippen LogP contribution in [-0.4, -0.2) is 22.2 Å². The van der Waals surface area contributed by atoms with Gasteiger partial charge in [0.1, 0.15) is 6.54 Å². The van der Waals surface area contributed by atoms with Gasteiger partial charge in [-0.3, -0.25) is 4.79 Å². The van der Waals surface area contributed by atoms with Gasteiger partial charge in [0.25, 0.3) is 0 Å². The highest BCUT2D eigenvalue weighted by atomic mass is 16.5. The molecule has 0 bridgehead atoms. The van der Waals surface area contributed by atoms with E-state index < -0.39 is 0 Å². The van der Waals surface area contributed by atoms with Crippen LogP contribution < -0.4 is 0 Å². The molecule has 4 heteroatoms. The highest BCUT2D eigenvalue weighted by Gasteiger charge is 2.09. The Kier molecular flexibility index (Phi) is 3.44. The first kappa shape index (κ1) is 11.7. The first-order valence-corrected chi connectivity index (χ1v) is 5.59. The lowest BCUT2D eigenvalue weighted by Crippen LogP contribution is -2.13. The lowest BCUT2D eigenvalue weighted by Gasteiger charge is -2.07. The molecule has 0 atom stereocenters. The SMILES string of the molecule is CCOC(=O)Cn1ccc2cccc(CO)c21. The fourth-order valence-corrected chi connectivity index (χ4v) is 1.95. The Morgan fingerprint density at radius 2 is 2.24 bits per heavy atom. The van der Waals surface area contributed by atoms with E-state index in [1.807, 2.05) is 30.5 Å². The standard InChI is InChI=1S/C13H15NO3/c1-2-17-12(16)8-14-7-6-10-4-3-5-11(9-15)13(10)14/h3-7,15H,2,8-9H2,1H3. The van der Waals surface area contributed by atoms with Gasteiger partial charge in [-0.15, -0.1) is 0 Å². The van der Waals surface area contributed by atoms with Crippen molar-refractivity contribution in [3.63, 3.8) is 0 Å². The quantitative estimate of drug-likeness (QED) is 0.818. The minimum absolute atomic E-state index is 0.0375. The third-order valence-corrected chi connectivity index (χ3v) is 2.65. The van der Waals surface area contributed by atoms with Gasteiger partial charge in [0.2, 0.25) is 0 Å². The number of carbonyl (C=O) groups excluding carboxylic acids is 1. The van der Waals surface area contributed by atoms with Crippen molar-refractivity contribution in [1.82, 2.24) is 4.57 Å². The molecule has 0 aliphatic rings. The zero-order valence-electron chi connectivity index (χ0n) is 9.72. The maximum atomic E-state index is 11.4. The minimum Gasteiger partial charge on any atom is -0.465 e. The lowest BCUT2D eigenvalue weighted by atomic mass is 10.1. The van der Waals surface area contributed by atoms with Crippen LogP contribution in [0.4, 0.5) is 0 Å². The summed E-state index contributed by atoms with van der Waals surface area (Å²) in [5, 5.41) is 10.3. The molecule has 0 unspecified atom stereocenters. The smallest absolute Gasteiger partial charge is 0.325 e. The molecule has 1 N–H and O–H groups in total. The van der Waals surface area contributed by atoms with E-state index in [1.165, 1.54) is 0 Å². The van der Waals surface area contributed by atoms with Gasteiger partial charge in [-0.25, -0.2) is 0 Å². The summed E-state index contributed by atoms with van der Waals surface area (Å²) in [7, 11) is 0. The Morgan fingerprint density at radius 3 is 2.94 bits per heavy atom. The predicted molar refractivity (Wildman–Crippen MR) is 64.5 cm³/mol. The average Bonchev–Trinajstić information content (AvgIpc) is 2.73. The van der Waals surface area contributed by atoms with Gasteiger partial charge in [0.15, 0.2) is 0 Å². The van der Waals surface area contributed by atoms with Gasteiger partial charge in [0.05, 0.1) is 18.7 Å². The molecule has 2 aromatic rings. The van der Waals surface area contributed by atoms with Gasteiger partial charge in [0, 0.05) is 11.8 Å². The van der Waals surface area contributed by atoms with E-state index in [9.17, 15) is 9.90 Å². The van der Waals surface area contributed by atoms with E-state index in [1.54, 1.807) is 11.5 Å². The predicted octanol–water partition coefficient (Wildman–Crippen LogP) is 1.70. The van der Waals surface area contributed by atoms with Crippen LogP contribution in [0, 0.1) is 0 Å². The summed E-state index contributed by atoms with van der Waals surface area (Å²) < 4.78 is 6.72. The Bertz CT molecular complexity index is 530. The normalized spacial score (nSPS) is 10.7. The van der Waals surface area contributed by atoms with E-state index in [-0.39, 0.29) is 19.1 Å². The molecule has 0 radical (unpaired) electrons. The lowest BCUT2D eigenvalue weighted by molar-refractivity contribution is -0.143. The molecule has 2 rings (SSSR count). The van der Waals surface area contributed by atoms with Gasteiger partial charge >= 0.3 is 5.97 Å². The number of aromatic nitrogens is 1. The zero-order chi connectivity index (χ0) is 12.3. The highest BCUT2D eigenvalue weighted by Crippen LogP contribution is 2.20. The average molecular weight is 233 g/mol. The minimum atomic E-state index is -0.266. The summed E-state index contributed by atoms with van der Waals surface area (Å²) in [6, 6.07) is 7.62. The van der Waals surface area contributed by atoms with Crippen LogP contribution in [0.3, 0.4) is 0 Å². The Labute approximate surface area is 99.4 Å². The first-order valence-electron chi connectivity index (χ1n) is 5.59. The number of benzene rings is 1. The zero-order valence-corrected chi connectivity index (χ0v) is 9.72. The molecule has 17 heavy (non-hydrogen) atoms. The van der Waals surface area contributed by atoms with Crippen LogP contribution >= 0.6 is 0 Å². The molecule has 0 amide bonds. The number of aliphatic hydroxyl groups excluding tert-OH is 1. The summed E-state index contributed by atoms with van der Waals surface area (Å²) in [6.07, 6.45) is 1.83. The number of aliphatic hydroxyl groups is 1. The molecule has 0 aliphatic heterocycles. The summed E-state index contributed by atoms with van der Waals surface area (Å²) in [6.45, 7) is 2.30. The second-order valence-corrected chi connectivity index (χ2v) is 3.76. The maximum Gasteiger partial charge on any atom is 0.325 e. The van der Waals surface area contributed by atoms with E-state index in [0.29, 0.717) is 6.61 Å². The van der Waals surface area contributed by atoms with Crippen molar-refractivity contribution in [3.05, 3.63) is 36.0 Å². The molecule has 0 saturated carbocycles. The molecule has 0 spiro atoms. The van der Waals surface area contributed by atoms with Crippen LogP contribution in [0.1, 0.15) is 12.5 Å². The third-order valence-electron chi connectivity index (χ3n) is 2.65. The molecule has 0 aliphatic carbocycles. The number of rotatable bonds is 4. The molecule has 4 nitrogen and oxygen atoms in total. The summed E-state index contributed by atoms with van der Waals surface area (Å²) in [5.74, 6) is -0.266. The molecular formula is C13H15NO3. The van der Waals surface area contributed by atoms with Crippen LogP contribution in [0.2, 0.25) is 0 Å². The Morgan fingerprint density at radius 1 is 1.41 bits per heavy atom. The molecule has 0 saturated heterocycles. The van der Waals surface area contributed by atoms with Gasteiger partial charge in [-0.1, -0.05) is 18.2 Å². The van der Waals surface area contributed by atoms with E-state index in [0.717, 1.165) is 16.5 Å². The fraction of sp³-hybridized carbons (Fsp3) is 0.308. The van der Waals surface area contributed by atoms with Gasteiger partial charge in [-0.2, -0.15) is 0 Å². The number of esters is 1. The van der Waals surface area contributed by atoms with Crippen molar-refractivity contribution in [2.75, 3.05) is 6.61 Å². The highest BCUT2D eigenvalue weighted by molar-refractivity contribution is 5.84. The molecule has 1 heterocycles. The second kappa shape index (κ2) is 5.01. The van der Waals surface area contributed by atoms with E-state index >= 15 is 0 Å². The van der Waals surface area contributed by atoms with Crippen molar-refractivity contribution < 1.29 is 14.6 Å². The van der Waals surface area contributed by atoms with Crippen LogP contribution in [0.15, 0.2) is 30.5 Å². The number of fused-ring (bicyclic) bond motifs is 1. The number of hydrogen-bond donors (Lipinski definition) is 1. The number of para-hydroxylation sites is 1. The van der Waals surface area contributed by atoms with Gasteiger partial charge in [-0.05, 0) is 18.4 Å². The van der Waals surface area contributed by atoms with Crippen molar-refractivity contribution in [1.29, 1.82) is 0 Å². The second-order valence-electron chi connectivity index (χ2n) is 3.76. The van der Waals surface area contributed by atoms with Gasteiger partial charge < -0.3 is 14.4 Å². The largest absolute Gasteiger partial charge is 0.465 e. The first-order chi connectivity index (χ1) is 8.26. The monoisotopic (exact) mass is 233 g/mol. The Balaban J connectivity index is 2.37. The number of carbonyl (C=O) groups is 1. The van der Waals surface area contributed by atoms with Crippen molar-refractivity contribution in [2.24, 2.45) is 0 Å². The molecular weight excluding hydrogens is 218 g/mol. The van der Waals surface area contributed by atoms with Crippen molar-refractivity contribution >= 4 is 16.9 Å². The van der Waals surface area contributed by atoms with Crippen LogP contribution in [0.5, 0.6) is 0 Å². The molecule has 1 aromatic carbocycles. The molecule has 1 aromatic heterocycles. The number of nitrogens with zero attached hydrogens (tertiary/aromatic N) is 1. The van der Waals surface area contributed by atoms with Crippen molar-refractivity contribution in [3.8, 4) is 0 Å². The fourth-order valence-electron chi connectivity index (χ4n) is 1.95. The number of ether oxygens (including phenoxy) is 1.